The third-order valence-corrected chi connectivity index (χ3v) is 9.99. The van der Waals surface area contributed by atoms with E-state index in [1.807, 2.05) is 6.07 Å². The molecule has 1 saturated carbocycles. The van der Waals surface area contributed by atoms with E-state index in [0.29, 0.717) is 25.4 Å². The summed E-state index contributed by atoms with van der Waals surface area (Å²) >= 11 is 0. The van der Waals surface area contributed by atoms with Gasteiger partial charge in [0.05, 0.1) is 46.1 Å². The van der Waals surface area contributed by atoms with Crippen LogP contribution in [0.5, 0.6) is 0 Å². The van der Waals surface area contributed by atoms with Crippen molar-refractivity contribution in [3.05, 3.63) is 82.6 Å². The SMILES string of the molecule is COCCc1nn(-c2nccc([C@@]34CC[C@@H](c5cc(-c6c(F)cccc6F)nnc53)C4(C)C)n2)cc1CCS(C)(=O)=O. The van der Waals surface area contributed by atoms with E-state index >= 15 is 0 Å². The zero-order chi connectivity index (χ0) is 29.9. The van der Waals surface area contributed by atoms with Crippen molar-refractivity contribution >= 4 is 9.84 Å². The molecule has 0 saturated heterocycles. The fourth-order valence-corrected chi connectivity index (χ4v) is 7.51. The molecule has 42 heavy (non-hydrogen) atoms. The van der Waals surface area contributed by atoms with E-state index in [1.54, 1.807) is 30.3 Å². The maximum atomic E-state index is 14.6. The maximum absolute atomic E-state index is 14.6. The van der Waals surface area contributed by atoms with Crippen LogP contribution in [0.15, 0.2) is 42.7 Å². The Labute approximate surface area is 243 Å². The summed E-state index contributed by atoms with van der Waals surface area (Å²) in [4.78, 5) is 9.49. The molecule has 12 heteroatoms. The predicted octanol–water partition coefficient (Wildman–Crippen LogP) is 4.38. The fourth-order valence-electron chi connectivity index (χ4n) is 6.91. The Balaban J connectivity index is 1.42. The maximum Gasteiger partial charge on any atom is 0.250 e. The van der Waals surface area contributed by atoms with Crippen molar-refractivity contribution in [1.82, 2.24) is 29.9 Å². The van der Waals surface area contributed by atoms with Crippen molar-refractivity contribution in [1.29, 1.82) is 0 Å². The molecule has 0 aliphatic heterocycles. The number of hydrogen-bond donors (Lipinski definition) is 0. The molecule has 0 radical (unpaired) electrons. The van der Waals surface area contributed by atoms with E-state index in [2.05, 4.69) is 29.0 Å². The second-order valence-corrected chi connectivity index (χ2v) is 14.0. The van der Waals surface area contributed by atoms with Gasteiger partial charge in [-0.25, -0.2) is 31.8 Å². The minimum atomic E-state index is -3.16. The first-order valence-corrected chi connectivity index (χ1v) is 15.9. The summed E-state index contributed by atoms with van der Waals surface area (Å²) in [7, 11) is -1.56. The molecule has 3 aromatic heterocycles. The Hall–Kier alpha value is -3.64. The molecule has 0 unspecified atom stereocenters. The number of halogens is 2. The highest BCUT2D eigenvalue weighted by Crippen LogP contribution is 2.69. The smallest absolute Gasteiger partial charge is 0.250 e. The van der Waals surface area contributed by atoms with Crippen molar-refractivity contribution in [3.63, 3.8) is 0 Å². The number of methoxy groups -OCH3 is 1. The highest BCUT2D eigenvalue weighted by molar-refractivity contribution is 7.90. The van der Waals surface area contributed by atoms with Gasteiger partial charge in [-0.15, -0.1) is 5.10 Å². The lowest BCUT2D eigenvalue weighted by molar-refractivity contribution is 0.201. The van der Waals surface area contributed by atoms with E-state index in [4.69, 9.17) is 14.8 Å². The first-order valence-electron chi connectivity index (χ1n) is 13.9. The minimum absolute atomic E-state index is 0.00643. The van der Waals surface area contributed by atoms with Crippen molar-refractivity contribution in [2.24, 2.45) is 5.41 Å². The second kappa shape index (κ2) is 10.3. The van der Waals surface area contributed by atoms with Crippen LogP contribution in [-0.2, 0) is 32.8 Å². The number of benzene rings is 1. The van der Waals surface area contributed by atoms with Gasteiger partial charge in [0.1, 0.15) is 21.5 Å². The Morgan fingerprint density at radius 3 is 2.60 bits per heavy atom. The lowest BCUT2D eigenvalue weighted by Gasteiger charge is -2.37. The van der Waals surface area contributed by atoms with Crippen molar-refractivity contribution in [2.45, 2.75) is 50.9 Å². The normalized spacial score (nSPS) is 20.7. The van der Waals surface area contributed by atoms with Crippen LogP contribution in [-0.4, -0.2) is 64.1 Å². The monoisotopic (exact) mass is 594 g/mol. The van der Waals surface area contributed by atoms with Crippen molar-refractivity contribution in [3.8, 4) is 17.2 Å². The van der Waals surface area contributed by atoms with Crippen LogP contribution in [0.3, 0.4) is 0 Å². The number of nitrogens with zero attached hydrogens (tertiary/aromatic N) is 6. The molecule has 0 N–H and O–H groups in total. The number of sulfone groups is 1. The van der Waals surface area contributed by atoms with Gasteiger partial charge in [-0.1, -0.05) is 19.9 Å². The van der Waals surface area contributed by atoms with Crippen molar-refractivity contribution < 1.29 is 21.9 Å². The molecule has 1 fully saturated rings. The Bertz CT molecular complexity index is 1770. The van der Waals surface area contributed by atoms with Crippen molar-refractivity contribution in [2.75, 3.05) is 25.7 Å². The molecule has 2 bridgehead atoms. The number of hydrogen-bond acceptors (Lipinski definition) is 8. The molecule has 220 valence electrons. The minimum Gasteiger partial charge on any atom is -0.384 e. The van der Waals surface area contributed by atoms with Gasteiger partial charge in [0.15, 0.2) is 0 Å². The Morgan fingerprint density at radius 1 is 1.12 bits per heavy atom. The lowest BCUT2D eigenvalue weighted by Crippen LogP contribution is -2.38. The molecule has 2 aliphatic carbocycles. The molecule has 1 aromatic carbocycles. The summed E-state index contributed by atoms with van der Waals surface area (Å²) in [5.74, 6) is -0.893. The van der Waals surface area contributed by atoms with Gasteiger partial charge in [0.25, 0.3) is 5.95 Å². The predicted molar refractivity (Wildman–Crippen MR) is 152 cm³/mol. The van der Waals surface area contributed by atoms with Crippen LogP contribution < -0.4 is 0 Å². The van der Waals surface area contributed by atoms with Crippen LogP contribution in [0.2, 0.25) is 0 Å². The number of ether oxygens (including phenoxy) is 1. The molecule has 2 aliphatic rings. The largest absolute Gasteiger partial charge is 0.384 e. The molecule has 6 rings (SSSR count). The van der Waals surface area contributed by atoms with Gasteiger partial charge in [-0.2, -0.15) is 10.2 Å². The molecule has 2 atom stereocenters. The molecule has 9 nitrogen and oxygen atoms in total. The van der Waals surface area contributed by atoms with Crippen LogP contribution in [0, 0.1) is 17.0 Å². The van der Waals surface area contributed by atoms with Crippen LogP contribution in [0.4, 0.5) is 8.78 Å². The van der Waals surface area contributed by atoms with E-state index < -0.39 is 26.9 Å². The average Bonchev–Trinajstić information content (AvgIpc) is 3.54. The van der Waals surface area contributed by atoms with E-state index in [1.165, 1.54) is 24.5 Å². The third kappa shape index (κ3) is 4.51. The zero-order valence-electron chi connectivity index (χ0n) is 23.9. The number of aryl methyl sites for hydroxylation is 1. The average molecular weight is 595 g/mol. The van der Waals surface area contributed by atoms with Crippen LogP contribution in [0.1, 0.15) is 60.8 Å². The summed E-state index contributed by atoms with van der Waals surface area (Å²) in [6.07, 6.45) is 7.19. The van der Waals surface area contributed by atoms with Gasteiger partial charge in [0, 0.05) is 32.2 Å². The number of rotatable bonds is 9. The summed E-state index contributed by atoms with van der Waals surface area (Å²) in [5, 5.41) is 13.6. The summed E-state index contributed by atoms with van der Waals surface area (Å²) in [6, 6.07) is 7.43. The van der Waals surface area contributed by atoms with Gasteiger partial charge in [-0.05, 0) is 66.0 Å². The highest BCUT2D eigenvalue weighted by atomic mass is 32.2. The molecular weight excluding hydrogens is 562 g/mol. The lowest BCUT2D eigenvalue weighted by atomic mass is 9.66. The quantitative estimate of drug-likeness (QED) is 0.281. The standard InChI is InChI=1S/C30H32F2N6O3S/c1-29(2)20-8-12-30(29,27-19(20)16-24(35-36-27)26-21(31)6-5-7-22(26)32)25-9-13-33-28(34-25)38-17-18(11-15-42(4,39)40)23(37-38)10-14-41-3/h5-7,9,13,16-17,20H,8,10-12,14-15H2,1-4H3/t20-,30-/m0/s1. The zero-order valence-corrected chi connectivity index (χ0v) is 24.8. The fraction of sp³-hybridized carbons (Fsp3) is 0.433. The first-order chi connectivity index (χ1) is 20.0. The second-order valence-electron chi connectivity index (χ2n) is 11.8. The van der Waals surface area contributed by atoms with E-state index in [-0.39, 0.29) is 28.3 Å². The van der Waals surface area contributed by atoms with Gasteiger partial charge in [0.2, 0.25) is 0 Å². The molecule has 3 heterocycles. The summed E-state index contributed by atoms with van der Waals surface area (Å²) in [6.45, 7) is 4.80. The van der Waals surface area contributed by atoms with Crippen LogP contribution in [0.25, 0.3) is 17.2 Å². The number of aromatic nitrogens is 6. The Morgan fingerprint density at radius 2 is 1.88 bits per heavy atom. The molecule has 0 spiro atoms. The number of fused-ring (bicyclic) bond motifs is 5. The van der Waals surface area contributed by atoms with Crippen LogP contribution >= 0.6 is 0 Å². The van der Waals surface area contributed by atoms with Gasteiger partial charge < -0.3 is 4.74 Å². The third-order valence-electron chi connectivity index (χ3n) is 9.05. The van der Waals surface area contributed by atoms with Gasteiger partial charge >= 0.3 is 0 Å². The summed E-state index contributed by atoms with van der Waals surface area (Å²) in [5.41, 5.74) is 3.10. The summed E-state index contributed by atoms with van der Waals surface area (Å²) < 4.78 is 59.7. The first kappa shape index (κ1) is 28.5. The molecular formula is C30H32F2N6O3S. The van der Waals surface area contributed by atoms with E-state index in [0.717, 1.165) is 41.1 Å². The molecule has 0 amide bonds. The molecule has 4 aromatic rings. The Kier molecular flexibility index (Phi) is 6.96. The topological polar surface area (TPSA) is 113 Å². The van der Waals surface area contributed by atoms with E-state index in [9.17, 15) is 17.2 Å². The van der Waals surface area contributed by atoms with Gasteiger partial charge in [-0.3, -0.25) is 0 Å². The highest BCUT2D eigenvalue weighted by Gasteiger charge is 2.65.